The topological polar surface area (TPSA) is 96.5 Å². The van der Waals surface area contributed by atoms with Gasteiger partial charge in [0.05, 0.1) is 0 Å². The van der Waals surface area contributed by atoms with E-state index in [1.807, 2.05) is 0 Å². The van der Waals surface area contributed by atoms with E-state index < -0.39 is 17.5 Å². The average molecular weight is 211 g/mol. The zero-order valence-corrected chi connectivity index (χ0v) is 7.94. The average Bonchev–Trinajstić information content (AvgIpc) is 2.20. The van der Waals surface area contributed by atoms with E-state index in [-0.39, 0.29) is 17.9 Å². The molecule has 0 saturated carbocycles. The van der Waals surface area contributed by atoms with Crippen molar-refractivity contribution in [3.8, 4) is 5.75 Å². The largest absolute Gasteiger partial charge is 0.477 e. The first-order valence-corrected chi connectivity index (χ1v) is 4.22. The van der Waals surface area contributed by atoms with Gasteiger partial charge in [-0.3, -0.25) is 9.59 Å². The molecule has 0 aliphatic rings. The Kier molecular flexibility index (Phi) is 3.22. The molecule has 0 aliphatic heterocycles. The molecule has 0 atom stereocenters. The lowest BCUT2D eigenvalue weighted by atomic mass is 10.3. The van der Waals surface area contributed by atoms with Gasteiger partial charge < -0.3 is 14.8 Å². The van der Waals surface area contributed by atoms with Crippen molar-refractivity contribution in [2.75, 3.05) is 0 Å². The lowest BCUT2D eigenvalue weighted by Crippen LogP contribution is -2.18. The highest BCUT2D eigenvalue weighted by Gasteiger charge is 2.09. The Hall–Kier alpha value is -2.11. The van der Waals surface area contributed by atoms with E-state index in [1.165, 1.54) is 0 Å². The third-order valence-corrected chi connectivity index (χ3v) is 1.62. The van der Waals surface area contributed by atoms with E-state index in [0.717, 1.165) is 12.1 Å². The number of aromatic nitrogens is 1. The third kappa shape index (κ3) is 2.67. The summed E-state index contributed by atoms with van der Waals surface area (Å²) in [4.78, 5) is 34.6. The second-order valence-electron chi connectivity index (χ2n) is 2.70. The van der Waals surface area contributed by atoms with Gasteiger partial charge in [0.25, 0.3) is 5.56 Å². The lowest BCUT2D eigenvalue weighted by molar-refractivity contribution is -0.134. The summed E-state index contributed by atoms with van der Waals surface area (Å²) in [5.41, 5.74) is -0.993. The Labute approximate surface area is 84.5 Å². The van der Waals surface area contributed by atoms with Crippen LogP contribution in [-0.4, -0.2) is 22.0 Å². The summed E-state index contributed by atoms with van der Waals surface area (Å²) in [6, 6.07) is 2.30. The Bertz CT molecular complexity index is 448. The van der Waals surface area contributed by atoms with Gasteiger partial charge in [0.2, 0.25) is 0 Å². The van der Waals surface area contributed by atoms with Gasteiger partial charge in [0.15, 0.2) is 5.75 Å². The molecule has 6 nitrogen and oxygen atoms in total. The number of hydrogen-bond donors (Lipinski definition) is 2. The van der Waals surface area contributed by atoms with Crippen LogP contribution in [0, 0.1) is 0 Å². The molecule has 0 radical (unpaired) electrons. The molecule has 80 valence electrons. The summed E-state index contributed by atoms with van der Waals surface area (Å²) >= 11 is 0. The quantitative estimate of drug-likeness (QED) is 0.705. The molecule has 0 unspecified atom stereocenters. The second kappa shape index (κ2) is 4.41. The number of carbonyl (C=O) groups is 2. The van der Waals surface area contributed by atoms with Gasteiger partial charge in [-0.2, -0.15) is 0 Å². The van der Waals surface area contributed by atoms with Crippen molar-refractivity contribution in [2.24, 2.45) is 0 Å². The first kappa shape index (κ1) is 11.0. The fraction of sp³-hybridized carbons (Fsp3) is 0.222. The number of pyridine rings is 1. The molecule has 6 heteroatoms. The van der Waals surface area contributed by atoms with E-state index in [9.17, 15) is 14.4 Å². The first-order valence-electron chi connectivity index (χ1n) is 4.22. The van der Waals surface area contributed by atoms with Crippen LogP contribution in [0.4, 0.5) is 0 Å². The molecule has 0 aliphatic carbocycles. The van der Waals surface area contributed by atoms with Crippen molar-refractivity contribution in [3.05, 3.63) is 28.2 Å². The molecular weight excluding hydrogens is 202 g/mol. The van der Waals surface area contributed by atoms with Gasteiger partial charge in [-0.05, 0) is 12.1 Å². The fourth-order valence-electron chi connectivity index (χ4n) is 0.860. The molecule has 0 bridgehead atoms. The molecule has 0 fully saturated rings. The maximum Gasteiger partial charge on any atom is 0.352 e. The molecule has 0 aromatic carbocycles. The first-order chi connectivity index (χ1) is 7.04. The summed E-state index contributed by atoms with van der Waals surface area (Å²) in [6.07, 6.45) is 0.139. The van der Waals surface area contributed by atoms with Gasteiger partial charge in [0.1, 0.15) is 5.69 Å². The molecule has 2 N–H and O–H groups in total. The Balaban J connectivity index is 2.99. The zero-order valence-electron chi connectivity index (χ0n) is 7.94. The minimum Gasteiger partial charge on any atom is -0.477 e. The van der Waals surface area contributed by atoms with E-state index in [4.69, 9.17) is 5.11 Å². The predicted molar refractivity (Wildman–Crippen MR) is 49.9 cm³/mol. The summed E-state index contributed by atoms with van der Waals surface area (Å²) in [6.45, 7) is 1.59. The van der Waals surface area contributed by atoms with Gasteiger partial charge >= 0.3 is 11.9 Å². The Morgan fingerprint density at radius 2 is 2.13 bits per heavy atom. The smallest absolute Gasteiger partial charge is 0.352 e. The maximum atomic E-state index is 11.2. The second-order valence-corrected chi connectivity index (χ2v) is 2.70. The monoisotopic (exact) mass is 211 g/mol. The zero-order chi connectivity index (χ0) is 11.4. The number of rotatable bonds is 3. The van der Waals surface area contributed by atoms with Crippen molar-refractivity contribution < 1.29 is 19.4 Å². The maximum absolute atomic E-state index is 11.2. The number of nitrogens with one attached hydrogen (secondary N) is 1. The van der Waals surface area contributed by atoms with Crippen LogP contribution in [-0.2, 0) is 4.79 Å². The van der Waals surface area contributed by atoms with Crippen molar-refractivity contribution >= 4 is 11.9 Å². The minimum atomic E-state index is -1.25. The molecule has 1 rings (SSSR count). The van der Waals surface area contributed by atoms with Crippen LogP contribution in [0.15, 0.2) is 16.9 Å². The summed E-state index contributed by atoms with van der Waals surface area (Å²) in [7, 11) is 0. The number of hydrogen-bond acceptors (Lipinski definition) is 4. The number of carboxylic acid groups (broad SMARTS) is 1. The highest BCUT2D eigenvalue weighted by molar-refractivity contribution is 5.85. The van der Waals surface area contributed by atoms with Crippen molar-refractivity contribution in [1.82, 2.24) is 4.98 Å². The Morgan fingerprint density at radius 1 is 1.47 bits per heavy atom. The summed E-state index contributed by atoms with van der Waals surface area (Å²) in [5.74, 6) is -2.00. The molecular formula is C9H9NO5. The number of ether oxygens (including phenoxy) is 1. The van der Waals surface area contributed by atoms with Crippen molar-refractivity contribution in [1.29, 1.82) is 0 Å². The standard InChI is InChI=1S/C9H9NO5/c1-2-7(11)15-6-4-3-5(9(13)14)10-8(6)12/h3-4H,2H2,1H3,(H,10,12)(H,13,14). The van der Waals surface area contributed by atoms with E-state index >= 15 is 0 Å². The minimum absolute atomic E-state index is 0.139. The number of carboxylic acids is 1. The van der Waals surface area contributed by atoms with Crippen LogP contribution in [0.1, 0.15) is 23.8 Å². The molecule has 1 heterocycles. The fourth-order valence-corrected chi connectivity index (χ4v) is 0.860. The highest BCUT2D eigenvalue weighted by Crippen LogP contribution is 2.04. The van der Waals surface area contributed by atoms with Crippen molar-refractivity contribution in [2.45, 2.75) is 13.3 Å². The van der Waals surface area contributed by atoms with Crippen molar-refractivity contribution in [3.63, 3.8) is 0 Å². The molecule has 1 aromatic rings. The van der Waals surface area contributed by atoms with E-state index in [1.54, 1.807) is 6.92 Å². The van der Waals surface area contributed by atoms with Gasteiger partial charge in [0, 0.05) is 6.42 Å². The van der Waals surface area contributed by atoms with Crippen LogP contribution >= 0.6 is 0 Å². The number of carbonyl (C=O) groups excluding carboxylic acids is 1. The molecule has 0 spiro atoms. The third-order valence-electron chi connectivity index (χ3n) is 1.62. The van der Waals surface area contributed by atoms with Gasteiger partial charge in [-0.25, -0.2) is 4.79 Å². The SMILES string of the molecule is CCC(=O)Oc1ccc(C(=O)O)[nH]c1=O. The number of esters is 1. The van der Waals surface area contributed by atoms with E-state index in [0.29, 0.717) is 0 Å². The number of aromatic carboxylic acids is 1. The molecule has 1 aromatic heterocycles. The van der Waals surface area contributed by atoms with Crippen LogP contribution in [0.5, 0.6) is 5.75 Å². The lowest BCUT2D eigenvalue weighted by Gasteiger charge is -2.01. The molecule has 0 saturated heterocycles. The van der Waals surface area contributed by atoms with Gasteiger partial charge in [-0.1, -0.05) is 6.92 Å². The number of H-pyrrole nitrogens is 1. The van der Waals surface area contributed by atoms with Crippen LogP contribution in [0.25, 0.3) is 0 Å². The van der Waals surface area contributed by atoms with Crippen LogP contribution in [0.2, 0.25) is 0 Å². The molecule has 0 amide bonds. The predicted octanol–water partition coefficient (Wildman–Crippen LogP) is 0.388. The van der Waals surface area contributed by atoms with Crippen LogP contribution in [0.3, 0.4) is 0 Å². The summed E-state index contributed by atoms with van der Waals surface area (Å²) < 4.78 is 4.65. The highest BCUT2D eigenvalue weighted by atomic mass is 16.5. The normalized spacial score (nSPS) is 9.67. The summed E-state index contributed by atoms with van der Waals surface area (Å²) in [5, 5.41) is 8.55. The Morgan fingerprint density at radius 3 is 2.60 bits per heavy atom. The number of aromatic amines is 1. The molecule has 15 heavy (non-hydrogen) atoms. The van der Waals surface area contributed by atoms with Gasteiger partial charge in [-0.15, -0.1) is 0 Å². The van der Waals surface area contributed by atoms with E-state index in [2.05, 4.69) is 9.72 Å². The van der Waals surface area contributed by atoms with Crippen LogP contribution < -0.4 is 10.3 Å².